The van der Waals surface area contributed by atoms with Crippen LogP contribution in [0.4, 0.5) is 0 Å². The van der Waals surface area contributed by atoms with Crippen molar-refractivity contribution < 1.29 is 66.7 Å². The van der Waals surface area contributed by atoms with E-state index in [-0.39, 0.29) is 67.9 Å². The average molecular weight is 1120 g/mol. The molecular weight excluding hydrogens is 1000 g/mol. The first-order chi connectivity index (χ1) is 35.8. The highest BCUT2D eigenvalue weighted by Gasteiger charge is 2.15. The zero-order valence-corrected chi connectivity index (χ0v) is 54.3. The van der Waals surface area contributed by atoms with Crippen LogP contribution < -0.4 is 0 Å². The van der Waals surface area contributed by atoms with E-state index in [9.17, 15) is 28.8 Å². The SMILES string of the molecule is C=C(C)C(=O)CCCCOCC(C)(C)C.C=C(C)C(=O)OCC(C)(C)C.C=C(C)C(=O)OCCCOCC(C)(C)C.C=CC(=O)CCCCOCC(C)(C)C.C=CC(=O)OCC(C)(C)C.C=CC(=O)OCCCOCC(C)(C)C. The van der Waals surface area contributed by atoms with E-state index >= 15 is 0 Å². The predicted molar refractivity (Wildman–Crippen MR) is 326 cm³/mol. The van der Waals surface area contributed by atoms with Crippen LogP contribution in [0.3, 0.4) is 0 Å². The van der Waals surface area contributed by atoms with Gasteiger partial charge in [-0.2, -0.15) is 0 Å². The Kier molecular flexibility index (Phi) is 52.4. The molecule has 0 saturated carbocycles. The van der Waals surface area contributed by atoms with Gasteiger partial charge in [-0.25, -0.2) is 19.2 Å². The van der Waals surface area contributed by atoms with Gasteiger partial charge in [0.1, 0.15) is 0 Å². The Morgan fingerprint density at radius 1 is 0.329 bits per heavy atom. The molecule has 0 atom stereocenters. The minimum atomic E-state index is -0.374. The standard InChI is InChI=1S/C13H24O2.C12H22O3.C12H22O2.C11H20O3.C9H16O2.C8H14O2/c1-11(2)12(14)8-6-7-9-15-10-13(3,4)5;1-10(2)11(13)15-8-6-7-14-9-12(3,4)5;1-5-11(13)8-6-7-9-14-10-12(2,3)4;1-5-10(12)14-8-6-7-13-9-11(2,3)4;1-7(2)8(10)11-6-9(3,4)5;1-5-7(9)10-6-8(2,3)4/h1,6-10H2,2-5H3;1,6-9H2,2-5H3;5H,1,6-10H2,2-4H3;5H,1,6-9H2,2-4H3;1,6H2,2-5H3;5H,1,6H2,2-4H3. The van der Waals surface area contributed by atoms with Gasteiger partial charge in [0.25, 0.3) is 0 Å². The van der Waals surface area contributed by atoms with Gasteiger partial charge in [-0.05, 0) is 90.6 Å². The number of rotatable bonds is 30. The number of ether oxygens (including phenoxy) is 8. The van der Waals surface area contributed by atoms with E-state index in [1.807, 2.05) is 41.5 Å². The molecular formula is C65H118O14. The molecule has 462 valence electrons. The summed E-state index contributed by atoms with van der Waals surface area (Å²) in [6.45, 7) is 70.7. The van der Waals surface area contributed by atoms with E-state index in [2.05, 4.69) is 123 Å². The molecule has 0 aliphatic rings. The molecule has 0 heterocycles. The van der Waals surface area contributed by atoms with Gasteiger partial charge in [0, 0.05) is 75.4 Å². The van der Waals surface area contributed by atoms with Gasteiger partial charge in [-0.3, -0.25) is 9.59 Å². The fourth-order valence-electron chi connectivity index (χ4n) is 4.42. The zero-order valence-electron chi connectivity index (χ0n) is 54.3. The van der Waals surface area contributed by atoms with Gasteiger partial charge in [0.15, 0.2) is 11.6 Å². The molecule has 0 bridgehead atoms. The first-order valence-corrected chi connectivity index (χ1v) is 27.7. The lowest BCUT2D eigenvalue weighted by atomic mass is 9.99. The van der Waals surface area contributed by atoms with Crippen LogP contribution in [0.5, 0.6) is 0 Å². The van der Waals surface area contributed by atoms with Crippen LogP contribution in [0, 0.1) is 32.5 Å². The highest BCUT2D eigenvalue weighted by Crippen LogP contribution is 2.17. The topological polar surface area (TPSA) is 176 Å². The molecule has 0 aromatic rings. The van der Waals surface area contributed by atoms with Gasteiger partial charge in [-0.1, -0.05) is 164 Å². The number of unbranched alkanes of at least 4 members (excludes halogenated alkanes) is 2. The fraction of sp³-hybridized carbons (Fsp3) is 0.723. The number of carbonyl (C=O) groups is 6. The van der Waals surface area contributed by atoms with E-state index < -0.39 is 0 Å². The summed E-state index contributed by atoms with van der Waals surface area (Å²) in [5.74, 6) is -1.06. The quantitative estimate of drug-likeness (QED) is 0.0287. The number of Topliss-reactive ketones (excluding diaryl/α,β-unsaturated/α-hetero) is 1. The van der Waals surface area contributed by atoms with Crippen molar-refractivity contribution in [2.45, 2.75) is 197 Å². The molecule has 14 nitrogen and oxygen atoms in total. The van der Waals surface area contributed by atoms with Gasteiger partial charge in [0.2, 0.25) is 0 Å². The highest BCUT2D eigenvalue weighted by molar-refractivity contribution is 5.94. The van der Waals surface area contributed by atoms with E-state index in [4.69, 9.17) is 37.9 Å². The molecule has 0 aromatic carbocycles. The maximum absolute atomic E-state index is 11.2. The van der Waals surface area contributed by atoms with E-state index in [1.54, 1.807) is 20.8 Å². The van der Waals surface area contributed by atoms with Crippen molar-refractivity contribution in [2.75, 3.05) is 79.3 Å². The predicted octanol–water partition coefficient (Wildman–Crippen LogP) is 15.0. The summed E-state index contributed by atoms with van der Waals surface area (Å²) in [7, 11) is 0. The lowest BCUT2D eigenvalue weighted by molar-refractivity contribution is -0.142. The molecule has 0 radical (unpaired) electrons. The Bertz CT molecular complexity index is 1640. The maximum atomic E-state index is 11.2. The molecule has 0 aromatic heterocycles. The first kappa shape index (κ1) is 85.8. The van der Waals surface area contributed by atoms with Gasteiger partial charge >= 0.3 is 23.9 Å². The summed E-state index contributed by atoms with van der Waals surface area (Å²) in [5.41, 5.74) is 2.46. The molecule has 0 rings (SSSR count). The Morgan fingerprint density at radius 2 is 0.620 bits per heavy atom. The number of hydrogen-bond donors (Lipinski definition) is 0. The molecule has 0 N–H and O–H groups in total. The third-order valence-corrected chi connectivity index (χ3v) is 8.41. The van der Waals surface area contributed by atoms with Crippen LogP contribution in [-0.2, 0) is 66.7 Å². The lowest BCUT2D eigenvalue weighted by Gasteiger charge is -2.17. The van der Waals surface area contributed by atoms with Crippen LogP contribution in [-0.4, -0.2) is 115 Å². The maximum Gasteiger partial charge on any atom is 0.333 e. The smallest absolute Gasteiger partial charge is 0.333 e. The van der Waals surface area contributed by atoms with Crippen molar-refractivity contribution in [3.63, 3.8) is 0 Å². The third kappa shape index (κ3) is 87.6. The number of esters is 4. The summed E-state index contributed by atoms with van der Waals surface area (Å²) in [4.78, 5) is 65.0. The molecule has 0 aliphatic carbocycles. The number of hydrogen-bond acceptors (Lipinski definition) is 14. The number of allylic oxidation sites excluding steroid dienone is 2. The monoisotopic (exact) mass is 1120 g/mol. The summed E-state index contributed by atoms with van der Waals surface area (Å²) < 4.78 is 41.2. The van der Waals surface area contributed by atoms with E-state index in [0.717, 1.165) is 84.2 Å². The second-order valence-corrected chi connectivity index (χ2v) is 26.5. The van der Waals surface area contributed by atoms with Crippen molar-refractivity contribution in [1.29, 1.82) is 0 Å². The summed E-state index contributed by atoms with van der Waals surface area (Å²) >= 11 is 0. The minimum Gasteiger partial charge on any atom is -0.462 e. The summed E-state index contributed by atoms with van der Waals surface area (Å²) in [6.07, 6.45) is 10.1. The Balaban J connectivity index is -0.000000203. The lowest BCUT2D eigenvalue weighted by Crippen LogP contribution is -2.18. The largest absolute Gasteiger partial charge is 0.462 e. The van der Waals surface area contributed by atoms with Crippen molar-refractivity contribution >= 4 is 35.4 Å². The Hall–Kier alpha value is -4.50. The number of carbonyl (C=O) groups excluding carboxylic acids is 6. The molecule has 0 unspecified atom stereocenters. The minimum absolute atomic E-state index is 0.0328. The van der Waals surface area contributed by atoms with Crippen LogP contribution in [0.25, 0.3) is 0 Å². The molecule has 0 spiro atoms. The van der Waals surface area contributed by atoms with Crippen LogP contribution in [0.15, 0.2) is 74.4 Å². The van der Waals surface area contributed by atoms with Gasteiger partial charge in [-0.15, -0.1) is 0 Å². The van der Waals surface area contributed by atoms with E-state index in [0.29, 0.717) is 69.2 Å². The molecule has 79 heavy (non-hydrogen) atoms. The second-order valence-electron chi connectivity index (χ2n) is 26.5. The van der Waals surface area contributed by atoms with Crippen molar-refractivity contribution in [3.8, 4) is 0 Å². The Morgan fingerprint density at radius 3 is 0.924 bits per heavy atom. The molecule has 0 saturated heterocycles. The van der Waals surface area contributed by atoms with Gasteiger partial charge in [0.05, 0.1) is 52.9 Å². The molecule has 14 heteroatoms. The Labute approximate surface area is 483 Å². The zero-order chi connectivity index (χ0) is 63.1. The number of ketones is 2. The van der Waals surface area contributed by atoms with Crippen molar-refractivity contribution in [1.82, 2.24) is 0 Å². The fourth-order valence-corrected chi connectivity index (χ4v) is 4.42. The normalized spacial score (nSPS) is 11.2. The second kappa shape index (κ2) is 48.2. The highest BCUT2D eigenvalue weighted by atomic mass is 16.5. The van der Waals surface area contributed by atoms with E-state index in [1.165, 1.54) is 12.2 Å². The van der Waals surface area contributed by atoms with Crippen molar-refractivity contribution in [2.24, 2.45) is 32.5 Å². The van der Waals surface area contributed by atoms with Crippen molar-refractivity contribution in [3.05, 3.63) is 74.4 Å². The van der Waals surface area contributed by atoms with Crippen LogP contribution >= 0.6 is 0 Å². The average Bonchev–Trinajstić information content (AvgIpc) is 3.30. The molecule has 0 aliphatic heterocycles. The summed E-state index contributed by atoms with van der Waals surface area (Å²) in [5, 5.41) is 0. The van der Waals surface area contributed by atoms with Crippen LogP contribution in [0.2, 0.25) is 0 Å². The summed E-state index contributed by atoms with van der Waals surface area (Å²) in [6, 6.07) is 0. The van der Waals surface area contributed by atoms with Gasteiger partial charge < -0.3 is 37.9 Å². The molecule has 0 amide bonds. The van der Waals surface area contributed by atoms with Crippen LogP contribution in [0.1, 0.15) is 197 Å². The third-order valence-electron chi connectivity index (χ3n) is 8.41. The first-order valence-electron chi connectivity index (χ1n) is 27.7. The molecule has 0 fully saturated rings.